The molecule has 0 radical (unpaired) electrons. The van der Waals surface area contributed by atoms with Crippen LogP contribution in [-0.4, -0.2) is 13.1 Å². The van der Waals surface area contributed by atoms with E-state index in [1.165, 1.54) is 19.3 Å². The summed E-state index contributed by atoms with van der Waals surface area (Å²) < 4.78 is 0. The fourth-order valence-corrected chi connectivity index (χ4v) is 1.08. The zero-order valence-electron chi connectivity index (χ0n) is 7.14. The molecule has 1 rings (SSSR count). The first-order chi connectivity index (χ1) is 5.33. The van der Waals surface area contributed by atoms with E-state index in [2.05, 4.69) is 11.4 Å². The van der Waals surface area contributed by atoms with E-state index in [0.29, 0.717) is 0 Å². The number of hydrogen-bond acceptors (Lipinski definition) is 2. The van der Waals surface area contributed by atoms with E-state index in [-0.39, 0.29) is 5.92 Å². The van der Waals surface area contributed by atoms with Crippen molar-refractivity contribution in [3.05, 3.63) is 0 Å². The molecular formula is C9H16N2. The summed E-state index contributed by atoms with van der Waals surface area (Å²) in [4.78, 5) is 0. The highest BCUT2D eigenvalue weighted by atomic mass is 14.9. The summed E-state index contributed by atoms with van der Waals surface area (Å²) in [5, 5.41) is 11.8. The van der Waals surface area contributed by atoms with Crippen molar-refractivity contribution in [2.24, 2.45) is 11.8 Å². The van der Waals surface area contributed by atoms with E-state index in [1.54, 1.807) is 0 Å². The standard InChI is InChI=1S/C9H16N2/c1-8(6-10)7-11-5-4-9-2-3-9/h8-9,11H,2-5,7H2,1H3. The van der Waals surface area contributed by atoms with Gasteiger partial charge in [-0.15, -0.1) is 0 Å². The summed E-state index contributed by atoms with van der Waals surface area (Å²) in [7, 11) is 0. The second kappa shape index (κ2) is 4.35. The number of nitriles is 1. The normalized spacial score (nSPS) is 19.3. The van der Waals surface area contributed by atoms with E-state index in [1.807, 2.05) is 6.92 Å². The van der Waals surface area contributed by atoms with E-state index in [9.17, 15) is 0 Å². The third-order valence-electron chi connectivity index (χ3n) is 2.10. The molecule has 11 heavy (non-hydrogen) atoms. The van der Waals surface area contributed by atoms with Gasteiger partial charge >= 0.3 is 0 Å². The van der Waals surface area contributed by atoms with Crippen LogP contribution in [0.2, 0.25) is 0 Å². The van der Waals surface area contributed by atoms with Crippen LogP contribution in [0.15, 0.2) is 0 Å². The summed E-state index contributed by atoms with van der Waals surface area (Å²) in [6.07, 6.45) is 4.16. The summed E-state index contributed by atoms with van der Waals surface area (Å²) in [6, 6.07) is 2.21. The Bertz CT molecular complexity index is 144. The predicted octanol–water partition coefficient (Wildman–Crippen LogP) is 1.54. The Morgan fingerprint density at radius 1 is 1.64 bits per heavy atom. The van der Waals surface area contributed by atoms with Crippen molar-refractivity contribution in [1.29, 1.82) is 5.26 Å². The van der Waals surface area contributed by atoms with Crippen molar-refractivity contribution in [2.75, 3.05) is 13.1 Å². The Balaban J connectivity index is 1.83. The second-order valence-electron chi connectivity index (χ2n) is 3.47. The third-order valence-corrected chi connectivity index (χ3v) is 2.10. The molecule has 1 N–H and O–H groups in total. The maximum absolute atomic E-state index is 8.47. The van der Waals surface area contributed by atoms with Gasteiger partial charge in [-0.2, -0.15) is 5.26 Å². The van der Waals surface area contributed by atoms with Crippen LogP contribution in [0.5, 0.6) is 0 Å². The fraction of sp³-hybridized carbons (Fsp3) is 0.889. The first-order valence-electron chi connectivity index (χ1n) is 4.43. The van der Waals surface area contributed by atoms with Gasteiger partial charge in [-0.25, -0.2) is 0 Å². The van der Waals surface area contributed by atoms with Crippen molar-refractivity contribution in [3.8, 4) is 6.07 Å². The monoisotopic (exact) mass is 152 g/mol. The van der Waals surface area contributed by atoms with Crippen LogP contribution < -0.4 is 5.32 Å². The zero-order chi connectivity index (χ0) is 8.10. The van der Waals surface area contributed by atoms with E-state index in [0.717, 1.165) is 19.0 Å². The number of nitrogens with one attached hydrogen (secondary N) is 1. The largest absolute Gasteiger partial charge is 0.315 e. The molecule has 62 valence electrons. The molecule has 1 unspecified atom stereocenters. The lowest BCUT2D eigenvalue weighted by Gasteiger charge is -2.03. The molecule has 1 fully saturated rings. The van der Waals surface area contributed by atoms with Crippen LogP contribution in [0.4, 0.5) is 0 Å². The van der Waals surface area contributed by atoms with Crippen LogP contribution in [0.25, 0.3) is 0 Å². The molecule has 0 aromatic rings. The highest BCUT2D eigenvalue weighted by molar-refractivity contribution is 4.80. The van der Waals surface area contributed by atoms with Gasteiger partial charge in [0.1, 0.15) is 0 Å². The predicted molar refractivity (Wildman–Crippen MR) is 45.0 cm³/mol. The Morgan fingerprint density at radius 2 is 2.36 bits per heavy atom. The molecule has 0 aromatic carbocycles. The highest BCUT2D eigenvalue weighted by Gasteiger charge is 2.19. The Hall–Kier alpha value is -0.550. The molecule has 0 aromatic heterocycles. The topological polar surface area (TPSA) is 35.8 Å². The molecule has 1 atom stereocenters. The average Bonchev–Trinajstić information content (AvgIpc) is 2.81. The van der Waals surface area contributed by atoms with Crippen LogP contribution in [0, 0.1) is 23.2 Å². The maximum atomic E-state index is 8.47. The van der Waals surface area contributed by atoms with Gasteiger partial charge in [0, 0.05) is 6.54 Å². The van der Waals surface area contributed by atoms with Gasteiger partial charge in [0.15, 0.2) is 0 Å². The Kier molecular flexibility index (Phi) is 3.38. The van der Waals surface area contributed by atoms with Gasteiger partial charge in [-0.3, -0.25) is 0 Å². The van der Waals surface area contributed by atoms with Gasteiger partial charge in [-0.1, -0.05) is 12.8 Å². The number of nitrogens with zero attached hydrogens (tertiary/aromatic N) is 1. The lowest BCUT2D eigenvalue weighted by Crippen LogP contribution is -2.21. The first kappa shape index (κ1) is 8.55. The van der Waals surface area contributed by atoms with E-state index in [4.69, 9.17) is 5.26 Å². The second-order valence-corrected chi connectivity index (χ2v) is 3.47. The Labute approximate surface area is 68.6 Å². The minimum atomic E-state index is 0.161. The van der Waals surface area contributed by atoms with Gasteiger partial charge in [0.05, 0.1) is 12.0 Å². The van der Waals surface area contributed by atoms with Crippen molar-refractivity contribution in [3.63, 3.8) is 0 Å². The van der Waals surface area contributed by atoms with E-state index >= 15 is 0 Å². The third kappa shape index (κ3) is 4.00. The minimum absolute atomic E-state index is 0.161. The molecule has 0 spiro atoms. The van der Waals surface area contributed by atoms with Gasteiger partial charge in [-0.05, 0) is 25.8 Å². The fourth-order valence-electron chi connectivity index (χ4n) is 1.08. The Morgan fingerprint density at radius 3 is 2.91 bits per heavy atom. The summed E-state index contributed by atoms with van der Waals surface area (Å²) in [5.74, 6) is 1.16. The lowest BCUT2D eigenvalue weighted by molar-refractivity contribution is 0.565. The van der Waals surface area contributed by atoms with Crippen molar-refractivity contribution >= 4 is 0 Å². The molecule has 1 aliphatic rings. The van der Waals surface area contributed by atoms with Crippen LogP contribution >= 0.6 is 0 Å². The summed E-state index contributed by atoms with van der Waals surface area (Å²) >= 11 is 0. The zero-order valence-corrected chi connectivity index (χ0v) is 7.14. The van der Waals surface area contributed by atoms with Crippen molar-refractivity contribution in [1.82, 2.24) is 5.32 Å². The molecule has 0 amide bonds. The molecule has 2 nitrogen and oxygen atoms in total. The van der Waals surface area contributed by atoms with Crippen LogP contribution in [0.3, 0.4) is 0 Å². The van der Waals surface area contributed by atoms with Crippen molar-refractivity contribution in [2.45, 2.75) is 26.2 Å². The number of hydrogen-bond donors (Lipinski definition) is 1. The van der Waals surface area contributed by atoms with Crippen molar-refractivity contribution < 1.29 is 0 Å². The first-order valence-corrected chi connectivity index (χ1v) is 4.43. The number of rotatable bonds is 5. The molecule has 1 saturated carbocycles. The molecule has 0 aliphatic heterocycles. The van der Waals surface area contributed by atoms with Crippen LogP contribution in [-0.2, 0) is 0 Å². The van der Waals surface area contributed by atoms with Gasteiger partial charge in [0.25, 0.3) is 0 Å². The van der Waals surface area contributed by atoms with Gasteiger partial charge < -0.3 is 5.32 Å². The molecule has 0 bridgehead atoms. The van der Waals surface area contributed by atoms with Crippen LogP contribution in [0.1, 0.15) is 26.2 Å². The molecule has 0 saturated heterocycles. The molecule has 2 heteroatoms. The van der Waals surface area contributed by atoms with Gasteiger partial charge in [0.2, 0.25) is 0 Å². The average molecular weight is 152 g/mol. The summed E-state index contributed by atoms with van der Waals surface area (Å²) in [5.41, 5.74) is 0. The molecular weight excluding hydrogens is 136 g/mol. The maximum Gasteiger partial charge on any atom is 0.0666 e. The quantitative estimate of drug-likeness (QED) is 0.606. The highest BCUT2D eigenvalue weighted by Crippen LogP contribution is 2.31. The summed E-state index contributed by atoms with van der Waals surface area (Å²) in [6.45, 7) is 3.89. The molecule has 1 aliphatic carbocycles. The lowest BCUT2D eigenvalue weighted by atomic mass is 10.2. The molecule has 0 heterocycles. The SMILES string of the molecule is CC(C#N)CNCCC1CC1. The van der Waals surface area contributed by atoms with E-state index < -0.39 is 0 Å². The smallest absolute Gasteiger partial charge is 0.0666 e. The minimum Gasteiger partial charge on any atom is -0.315 e.